The number of Topliss-reactive ketones (excluding diaryl/α,β-unsaturated/α-hetero) is 2. The Balaban J connectivity index is 5.13. The lowest BCUT2D eigenvalue weighted by molar-refractivity contribution is -0.151. The van der Waals surface area contributed by atoms with Crippen LogP contribution in [0.25, 0.3) is 0 Å². The average molecular weight is 812 g/mol. The summed E-state index contributed by atoms with van der Waals surface area (Å²) >= 11 is 11.7. The lowest BCUT2D eigenvalue weighted by Gasteiger charge is -2.21. The molecule has 0 aromatic heterocycles. The number of carbonyl (C=O) groups excluding carboxylic acids is 8. The molecule has 6 atom stereocenters. The van der Waals surface area contributed by atoms with Crippen molar-refractivity contribution in [2.75, 3.05) is 26.2 Å². The Kier molecular flexibility index (Phi) is 24.1. The molecule has 0 aromatic rings. The molecule has 304 valence electrons. The Morgan fingerprint density at radius 3 is 1.52 bits per heavy atom. The zero-order valence-electron chi connectivity index (χ0n) is 29.2. The summed E-state index contributed by atoms with van der Waals surface area (Å²) in [5.41, 5.74) is 30.6. The predicted octanol–water partition coefficient (Wildman–Crippen LogP) is -5.35. The molecular weight excluding hydrogens is 763 g/mol. The number of hydrogen-bond donors (Lipinski definition) is 11. The molecule has 0 fully saturated rings. The normalized spacial score (nSPS) is 13.9. The quantitative estimate of drug-likeness (QED) is 0.00668. The highest BCUT2D eigenvalue weighted by Crippen LogP contribution is 2.11. The summed E-state index contributed by atoms with van der Waals surface area (Å²) in [5, 5.41) is 16.3. The molecule has 0 radical (unpaired) electrons. The number of aliphatic carboxylic acids is 1. The van der Waals surface area contributed by atoms with Gasteiger partial charge in [-0.25, -0.2) is 0 Å². The van der Waals surface area contributed by atoms with Crippen LogP contribution in [0.1, 0.15) is 51.4 Å². The fraction of sp³-hybridized carbons (Fsp3) is 0.621. The lowest BCUT2D eigenvalue weighted by Crippen LogP contribution is -2.50. The first-order valence-corrected chi connectivity index (χ1v) is 17.1. The minimum atomic E-state index is -1.92. The van der Waals surface area contributed by atoms with Crippen molar-refractivity contribution >= 4 is 88.5 Å². The lowest BCUT2D eigenvalue weighted by atomic mass is 10.0. The Morgan fingerprint density at radius 1 is 0.685 bits per heavy atom. The second-order valence-electron chi connectivity index (χ2n) is 11.4. The highest BCUT2D eigenvalue weighted by atomic mass is 35.5. The first-order valence-electron chi connectivity index (χ1n) is 16.3. The van der Waals surface area contributed by atoms with E-state index in [4.69, 9.17) is 67.4 Å². The zero-order chi connectivity index (χ0) is 41.4. The molecule has 4 amide bonds. The van der Waals surface area contributed by atoms with Gasteiger partial charge in [-0.15, -0.1) is 11.6 Å². The summed E-state index contributed by atoms with van der Waals surface area (Å²) in [7, 11) is 0. The number of nitrogens with one attached hydrogen (secondary N) is 4. The predicted molar refractivity (Wildman–Crippen MR) is 193 cm³/mol. The number of esters is 1. The highest BCUT2D eigenvalue weighted by Gasteiger charge is 2.31. The van der Waals surface area contributed by atoms with Crippen molar-refractivity contribution in [2.45, 2.75) is 86.5 Å². The maximum atomic E-state index is 13.0. The number of rotatable bonds is 28. The number of guanidine groups is 2. The van der Waals surface area contributed by atoms with Crippen molar-refractivity contribution in [1.29, 1.82) is 0 Å². The van der Waals surface area contributed by atoms with Crippen LogP contribution in [0.5, 0.6) is 0 Å². The van der Waals surface area contributed by atoms with Crippen LogP contribution in [-0.2, 0) is 47.9 Å². The molecular formula is C29H48Cl2N12O11. The number of nitrogens with zero attached hydrogens (tertiary/aromatic N) is 2. The maximum absolute atomic E-state index is 13.0. The second kappa shape index (κ2) is 26.6. The van der Waals surface area contributed by atoms with Gasteiger partial charge in [0.15, 0.2) is 17.7 Å². The fourth-order valence-electron chi connectivity index (χ4n) is 4.13. The van der Waals surface area contributed by atoms with Gasteiger partial charge in [0, 0.05) is 25.9 Å². The van der Waals surface area contributed by atoms with E-state index in [0.717, 1.165) is 0 Å². The van der Waals surface area contributed by atoms with E-state index in [1.54, 1.807) is 0 Å². The third-order valence-electron chi connectivity index (χ3n) is 6.95. The summed E-state index contributed by atoms with van der Waals surface area (Å²) in [5.74, 6) is -7.73. The number of alkyl halides is 2. The number of hydrogen-bond acceptors (Lipinski definition) is 14. The number of aldehydes is 1. The van der Waals surface area contributed by atoms with E-state index in [0.29, 0.717) is 0 Å². The Morgan fingerprint density at radius 2 is 1.11 bits per heavy atom. The monoisotopic (exact) mass is 810 g/mol. The van der Waals surface area contributed by atoms with Crippen molar-refractivity contribution in [3.63, 3.8) is 0 Å². The Labute approximate surface area is 319 Å². The average Bonchev–Trinajstić information content (AvgIpc) is 3.11. The van der Waals surface area contributed by atoms with Gasteiger partial charge in [0.2, 0.25) is 35.0 Å². The molecule has 0 rings (SSSR count). The van der Waals surface area contributed by atoms with Crippen molar-refractivity contribution in [1.82, 2.24) is 21.3 Å². The summed E-state index contributed by atoms with van der Waals surface area (Å²) in [6.45, 7) is -1.10. The molecule has 0 saturated heterocycles. The molecule has 0 spiro atoms. The molecule has 0 saturated carbocycles. The molecule has 2 unspecified atom stereocenters. The Hall–Kier alpha value is -5.13. The summed E-state index contributed by atoms with van der Waals surface area (Å²) in [4.78, 5) is 117. The number of amides is 4. The van der Waals surface area contributed by atoms with Crippen LogP contribution in [0.3, 0.4) is 0 Å². The van der Waals surface area contributed by atoms with Gasteiger partial charge >= 0.3 is 11.9 Å². The van der Waals surface area contributed by atoms with Gasteiger partial charge in [0.05, 0.1) is 37.3 Å². The molecule has 17 N–H and O–H groups in total. The Bertz CT molecular complexity index is 1390. The minimum absolute atomic E-state index is 0.0219. The van der Waals surface area contributed by atoms with Gasteiger partial charge in [0.25, 0.3) is 0 Å². The second-order valence-corrected chi connectivity index (χ2v) is 12.3. The van der Waals surface area contributed by atoms with Gasteiger partial charge < -0.3 is 70.3 Å². The molecule has 23 nitrogen and oxygen atoms in total. The van der Waals surface area contributed by atoms with Crippen LogP contribution >= 0.6 is 23.2 Å². The number of carbonyl (C=O) groups is 9. The van der Waals surface area contributed by atoms with Crippen LogP contribution in [0, 0.1) is 0 Å². The molecule has 54 heavy (non-hydrogen) atoms. The van der Waals surface area contributed by atoms with Gasteiger partial charge in [-0.2, -0.15) is 0 Å². The van der Waals surface area contributed by atoms with E-state index in [2.05, 4.69) is 31.3 Å². The van der Waals surface area contributed by atoms with E-state index >= 15 is 0 Å². The van der Waals surface area contributed by atoms with Crippen LogP contribution in [0.2, 0.25) is 0 Å². The zero-order valence-corrected chi connectivity index (χ0v) is 30.7. The third-order valence-corrected chi connectivity index (χ3v) is 7.57. The number of aliphatic imine (C=N–C) groups is 2. The number of halogens is 2. The smallest absolute Gasteiger partial charge is 0.307 e. The number of carboxylic acids is 1. The molecule has 0 aromatic carbocycles. The van der Waals surface area contributed by atoms with Crippen LogP contribution in [0.15, 0.2) is 9.98 Å². The SMILES string of the molecule is NC(N)=NCCC[C@H](NC(=O)CNC(=O)[C@@H](N)CCC(=O)OC(Cl)C(=O)[C@H](CCCN=C(N)N)NC(=O)CNC(=O)[C@@H](N)CCC(=O)O)C(=O)C(Cl)C=O. The summed E-state index contributed by atoms with van der Waals surface area (Å²) < 4.78 is 4.95. The number of nitrogens with two attached hydrogens (primary N) is 6. The molecule has 0 aliphatic rings. The van der Waals surface area contributed by atoms with E-state index in [-0.39, 0.29) is 76.2 Å². The first-order chi connectivity index (χ1) is 25.3. The molecule has 0 bridgehead atoms. The van der Waals surface area contributed by atoms with Crippen molar-refractivity contribution in [2.24, 2.45) is 44.4 Å². The number of ether oxygens (including phenoxy) is 1. The molecule has 0 heterocycles. The first kappa shape index (κ1) is 48.9. The minimum Gasteiger partial charge on any atom is -0.481 e. The van der Waals surface area contributed by atoms with E-state index < -0.39 is 102 Å². The highest BCUT2D eigenvalue weighted by molar-refractivity contribution is 6.39. The van der Waals surface area contributed by atoms with Gasteiger partial charge in [-0.3, -0.25) is 48.3 Å². The molecule has 0 aliphatic heterocycles. The van der Waals surface area contributed by atoms with Crippen LogP contribution in [0.4, 0.5) is 0 Å². The molecule has 25 heteroatoms. The topological polar surface area (TPSA) is 412 Å². The van der Waals surface area contributed by atoms with Gasteiger partial charge in [-0.05, 0) is 38.5 Å². The van der Waals surface area contributed by atoms with Crippen LogP contribution in [-0.4, -0.2) is 132 Å². The van der Waals surface area contributed by atoms with E-state index in [1.807, 2.05) is 0 Å². The largest absolute Gasteiger partial charge is 0.481 e. The third kappa shape index (κ3) is 22.1. The van der Waals surface area contributed by atoms with E-state index in [9.17, 15) is 43.2 Å². The standard InChI is InChI=1S/C29H48Cl2N12O11/c30-14(13-44)23(50)17(3-1-9-38-28(34)35)42-19(45)11-41-27(53)16(33)6-8-22(49)54-25(31)24(51)18(4-2-10-39-29(36)37)43-20(46)12-40-26(52)15(32)5-7-21(47)48/h13-18,25H,1-12,32-33H2,(H,40,52)(H,41,53)(H,42,45)(H,43,46)(H,47,48)(H4,34,35,38)(H4,36,37,39)/t14?,15-,16-,17-,18-,25?/m0/s1. The van der Waals surface area contributed by atoms with Crippen molar-refractivity contribution in [3.05, 3.63) is 0 Å². The molecule has 0 aliphatic carbocycles. The van der Waals surface area contributed by atoms with E-state index in [1.165, 1.54) is 0 Å². The maximum Gasteiger partial charge on any atom is 0.307 e. The summed E-state index contributed by atoms with van der Waals surface area (Å²) in [6, 6.07) is -5.09. The fourth-order valence-corrected chi connectivity index (χ4v) is 4.53. The van der Waals surface area contributed by atoms with Crippen LogP contribution < -0.4 is 55.7 Å². The number of ketones is 2. The van der Waals surface area contributed by atoms with Gasteiger partial charge in [0.1, 0.15) is 11.7 Å². The number of carboxylic acid groups (broad SMARTS) is 1. The summed E-state index contributed by atoms with van der Waals surface area (Å²) in [6.07, 6.45) is -0.870. The van der Waals surface area contributed by atoms with Crippen molar-refractivity contribution < 1.29 is 53.0 Å². The van der Waals surface area contributed by atoms with Gasteiger partial charge in [-0.1, -0.05) is 11.6 Å². The van der Waals surface area contributed by atoms with Crippen molar-refractivity contribution in [3.8, 4) is 0 Å².